The van der Waals surface area contributed by atoms with Crippen LogP contribution < -0.4 is 5.73 Å². The van der Waals surface area contributed by atoms with Crippen molar-refractivity contribution in [2.24, 2.45) is 5.73 Å². The van der Waals surface area contributed by atoms with Crippen LogP contribution in [0, 0.1) is 6.92 Å². The fourth-order valence-corrected chi connectivity index (χ4v) is 2.69. The van der Waals surface area contributed by atoms with Crippen LogP contribution in [-0.4, -0.2) is 24.3 Å². The van der Waals surface area contributed by atoms with E-state index in [1.54, 1.807) is 0 Å². The largest absolute Gasteiger partial charge is 0.445 e. The van der Waals surface area contributed by atoms with E-state index in [4.69, 9.17) is 15.2 Å². The van der Waals surface area contributed by atoms with Crippen LogP contribution in [0.3, 0.4) is 0 Å². The van der Waals surface area contributed by atoms with Gasteiger partial charge in [0.25, 0.3) is 0 Å². The van der Waals surface area contributed by atoms with E-state index in [0.29, 0.717) is 6.61 Å². The summed E-state index contributed by atoms with van der Waals surface area (Å²) in [6, 6.07) is 5.97. The predicted octanol–water partition coefficient (Wildman–Crippen LogP) is 2.88. The molecule has 0 spiro atoms. The first-order valence-corrected chi connectivity index (χ1v) is 6.96. The highest BCUT2D eigenvalue weighted by Gasteiger charge is 2.14. The van der Waals surface area contributed by atoms with Crippen LogP contribution >= 0.6 is 0 Å². The van der Waals surface area contributed by atoms with Crippen LogP contribution in [0.1, 0.15) is 23.2 Å². The molecule has 0 saturated carbocycles. The van der Waals surface area contributed by atoms with Crippen molar-refractivity contribution in [1.82, 2.24) is 4.98 Å². The maximum absolute atomic E-state index is 10.7. The average Bonchev–Trinajstić information content (AvgIpc) is 2.83. The van der Waals surface area contributed by atoms with Gasteiger partial charge in [-0.2, -0.15) is 0 Å². The van der Waals surface area contributed by atoms with Crippen molar-refractivity contribution >= 4 is 22.6 Å². The number of benzene rings is 1. The van der Waals surface area contributed by atoms with E-state index >= 15 is 0 Å². The molecule has 3 rings (SSSR count). The van der Waals surface area contributed by atoms with Gasteiger partial charge in [-0.05, 0) is 42.2 Å². The quantitative estimate of drug-likeness (QED) is 0.910. The molecule has 1 aliphatic heterocycles. The van der Waals surface area contributed by atoms with Crippen molar-refractivity contribution in [2.75, 3.05) is 13.2 Å². The minimum atomic E-state index is -0.756. The summed E-state index contributed by atoms with van der Waals surface area (Å²) >= 11 is 0. The standard InChI is InChI=1S/C16H18N2O3/c1-10-13-8-11(9-21-16(17)19)2-3-14(13)18-15(10)12-4-6-20-7-5-12/h2-4,8,18H,5-7,9H2,1H3,(H2,17,19). The molecule has 1 aliphatic rings. The lowest BCUT2D eigenvalue weighted by Crippen LogP contribution is -2.12. The molecule has 0 fully saturated rings. The van der Waals surface area contributed by atoms with Gasteiger partial charge in [0.05, 0.1) is 13.2 Å². The second kappa shape index (κ2) is 5.61. The van der Waals surface area contributed by atoms with Crippen LogP contribution in [-0.2, 0) is 16.1 Å². The maximum Gasteiger partial charge on any atom is 0.404 e. The number of carbonyl (C=O) groups is 1. The average molecular weight is 286 g/mol. The summed E-state index contributed by atoms with van der Waals surface area (Å²) in [6.45, 7) is 3.73. The zero-order valence-corrected chi connectivity index (χ0v) is 11.9. The first-order chi connectivity index (χ1) is 10.1. The summed E-state index contributed by atoms with van der Waals surface area (Å²) in [5.41, 5.74) is 10.7. The number of ether oxygens (including phenoxy) is 2. The molecule has 0 radical (unpaired) electrons. The van der Waals surface area contributed by atoms with Gasteiger partial charge in [0.2, 0.25) is 0 Å². The zero-order valence-electron chi connectivity index (χ0n) is 11.9. The van der Waals surface area contributed by atoms with E-state index in [9.17, 15) is 4.79 Å². The van der Waals surface area contributed by atoms with Gasteiger partial charge in [0.1, 0.15) is 6.61 Å². The van der Waals surface area contributed by atoms with Crippen LogP contribution in [0.25, 0.3) is 16.5 Å². The molecule has 2 heterocycles. The Morgan fingerprint density at radius 1 is 1.48 bits per heavy atom. The Balaban J connectivity index is 1.96. The number of aryl methyl sites for hydroxylation is 1. The molecule has 1 amide bonds. The number of aromatic amines is 1. The third-order valence-electron chi connectivity index (χ3n) is 3.79. The smallest absolute Gasteiger partial charge is 0.404 e. The second-order valence-electron chi connectivity index (χ2n) is 5.17. The van der Waals surface area contributed by atoms with Crippen LogP contribution in [0.5, 0.6) is 0 Å². The Labute approximate surface area is 122 Å². The number of H-pyrrole nitrogens is 1. The number of hydrogen-bond donors (Lipinski definition) is 2. The van der Waals surface area contributed by atoms with Gasteiger partial charge in [0.15, 0.2) is 0 Å². The summed E-state index contributed by atoms with van der Waals surface area (Å²) in [7, 11) is 0. The molecular weight excluding hydrogens is 268 g/mol. The molecule has 5 nitrogen and oxygen atoms in total. The molecule has 0 saturated heterocycles. The molecular formula is C16H18N2O3. The minimum Gasteiger partial charge on any atom is -0.445 e. The van der Waals surface area contributed by atoms with Gasteiger partial charge >= 0.3 is 6.09 Å². The third-order valence-corrected chi connectivity index (χ3v) is 3.79. The number of fused-ring (bicyclic) bond motifs is 1. The lowest BCUT2D eigenvalue weighted by molar-refractivity contribution is 0.150. The molecule has 0 bridgehead atoms. The fourth-order valence-electron chi connectivity index (χ4n) is 2.69. The van der Waals surface area contributed by atoms with Crippen molar-refractivity contribution in [3.63, 3.8) is 0 Å². The Hall–Kier alpha value is -2.27. The highest BCUT2D eigenvalue weighted by atomic mass is 16.5. The van der Waals surface area contributed by atoms with E-state index in [1.165, 1.54) is 16.8 Å². The van der Waals surface area contributed by atoms with Gasteiger partial charge in [-0.15, -0.1) is 0 Å². The molecule has 2 aromatic rings. The van der Waals surface area contributed by atoms with Crippen LogP contribution in [0.15, 0.2) is 24.3 Å². The summed E-state index contributed by atoms with van der Waals surface area (Å²) in [6.07, 6.45) is 2.29. The Morgan fingerprint density at radius 2 is 2.33 bits per heavy atom. The number of primary amides is 1. The van der Waals surface area contributed by atoms with Crippen molar-refractivity contribution in [3.8, 4) is 0 Å². The molecule has 21 heavy (non-hydrogen) atoms. The van der Waals surface area contributed by atoms with Crippen LogP contribution in [0.2, 0.25) is 0 Å². The number of hydrogen-bond acceptors (Lipinski definition) is 3. The number of rotatable bonds is 3. The molecule has 1 aromatic carbocycles. The topological polar surface area (TPSA) is 77.3 Å². The lowest BCUT2D eigenvalue weighted by atomic mass is 10.0. The summed E-state index contributed by atoms with van der Waals surface area (Å²) in [4.78, 5) is 14.2. The van der Waals surface area contributed by atoms with Crippen molar-refractivity contribution in [2.45, 2.75) is 20.0 Å². The first-order valence-electron chi connectivity index (χ1n) is 6.96. The molecule has 0 unspecified atom stereocenters. The predicted molar refractivity (Wildman–Crippen MR) is 80.8 cm³/mol. The molecule has 5 heteroatoms. The van der Waals surface area contributed by atoms with E-state index in [2.05, 4.69) is 18.0 Å². The Morgan fingerprint density at radius 3 is 3.05 bits per heavy atom. The van der Waals surface area contributed by atoms with Gasteiger partial charge in [-0.1, -0.05) is 12.1 Å². The zero-order chi connectivity index (χ0) is 14.8. The fraction of sp³-hybridized carbons (Fsp3) is 0.312. The number of nitrogens with one attached hydrogen (secondary N) is 1. The monoisotopic (exact) mass is 286 g/mol. The molecule has 0 atom stereocenters. The summed E-state index contributed by atoms with van der Waals surface area (Å²) in [5.74, 6) is 0. The lowest BCUT2D eigenvalue weighted by Gasteiger charge is -2.13. The van der Waals surface area contributed by atoms with Crippen molar-refractivity contribution in [1.29, 1.82) is 0 Å². The molecule has 3 N–H and O–H groups in total. The van der Waals surface area contributed by atoms with Gasteiger partial charge < -0.3 is 20.2 Å². The SMILES string of the molecule is Cc1c(C2=CCOCC2)[nH]c2ccc(COC(N)=O)cc12. The minimum absolute atomic E-state index is 0.196. The van der Waals surface area contributed by atoms with Crippen molar-refractivity contribution < 1.29 is 14.3 Å². The van der Waals surface area contributed by atoms with E-state index < -0.39 is 6.09 Å². The van der Waals surface area contributed by atoms with Crippen LogP contribution in [0.4, 0.5) is 4.79 Å². The third kappa shape index (κ3) is 2.78. The number of aromatic nitrogens is 1. The highest BCUT2D eigenvalue weighted by molar-refractivity contribution is 5.89. The van der Waals surface area contributed by atoms with E-state index in [-0.39, 0.29) is 6.61 Å². The number of nitrogens with two attached hydrogens (primary N) is 1. The van der Waals surface area contributed by atoms with E-state index in [1.807, 2.05) is 18.2 Å². The molecule has 110 valence electrons. The van der Waals surface area contributed by atoms with E-state index in [0.717, 1.165) is 29.5 Å². The number of amides is 1. The second-order valence-corrected chi connectivity index (χ2v) is 5.17. The molecule has 1 aromatic heterocycles. The molecule has 0 aliphatic carbocycles. The number of carbonyl (C=O) groups excluding carboxylic acids is 1. The summed E-state index contributed by atoms with van der Waals surface area (Å²) in [5, 5.41) is 1.14. The summed E-state index contributed by atoms with van der Waals surface area (Å²) < 4.78 is 10.2. The normalized spacial score (nSPS) is 15.0. The maximum atomic E-state index is 10.7. The van der Waals surface area contributed by atoms with Gasteiger partial charge in [-0.3, -0.25) is 0 Å². The first kappa shape index (κ1) is 13.7. The van der Waals surface area contributed by atoms with Gasteiger partial charge in [-0.25, -0.2) is 4.79 Å². The van der Waals surface area contributed by atoms with Crippen molar-refractivity contribution in [3.05, 3.63) is 41.1 Å². The Bertz CT molecular complexity index is 716. The van der Waals surface area contributed by atoms with Gasteiger partial charge in [0, 0.05) is 16.6 Å². The highest BCUT2D eigenvalue weighted by Crippen LogP contribution is 2.30. The Kier molecular flexibility index (Phi) is 3.66.